The molecule has 0 aliphatic rings. The summed E-state index contributed by atoms with van der Waals surface area (Å²) in [6.45, 7) is -0.891. The quantitative estimate of drug-likeness (QED) is 0.448. The zero-order valence-corrected chi connectivity index (χ0v) is 17.3. The molecule has 0 radical (unpaired) electrons. The van der Waals surface area contributed by atoms with Gasteiger partial charge in [0.15, 0.2) is 18.0 Å². The molecule has 1 unspecified atom stereocenters. The second-order valence-corrected chi connectivity index (χ2v) is 7.07. The molecule has 10 heteroatoms. The Labute approximate surface area is 187 Å². The number of halogens is 3. The Kier molecular flexibility index (Phi) is 7.39. The van der Waals surface area contributed by atoms with Crippen LogP contribution in [0.15, 0.2) is 77.4 Å². The normalized spacial score (nSPS) is 13.1. The zero-order valence-electron chi connectivity index (χ0n) is 17.3. The van der Waals surface area contributed by atoms with Gasteiger partial charge in [-0.1, -0.05) is 36.4 Å². The molecule has 1 atom stereocenters. The van der Waals surface area contributed by atoms with Gasteiger partial charge >= 0.3 is 6.18 Å². The molecular formula is C23H21F3N2O5. The second-order valence-electron chi connectivity index (χ2n) is 7.07. The van der Waals surface area contributed by atoms with Crippen molar-refractivity contribution < 1.29 is 37.0 Å². The lowest BCUT2D eigenvalue weighted by Gasteiger charge is -2.31. The van der Waals surface area contributed by atoms with Gasteiger partial charge < -0.3 is 24.9 Å². The third-order valence-corrected chi connectivity index (χ3v) is 4.74. The highest BCUT2D eigenvalue weighted by Gasteiger charge is 2.54. The van der Waals surface area contributed by atoms with E-state index in [-0.39, 0.29) is 17.1 Å². The van der Waals surface area contributed by atoms with Gasteiger partial charge in [-0.15, -0.1) is 0 Å². The fourth-order valence-electron chi connectivity index (χ4n) is 3.01. The van der Waals surface area contributed by atoms with Gasteiger partial charge in [-0.3, -0.25) is 9.59 Å². The highest BCUT2D eigenvalue weighted by molar-refractivity contribution is 6.02. The maximum absolute atomic E-state index is 13.5. The fraction of sp³-hybridized carbons (Fsp3) is 0.217. The molecule has 3 N–H and O–H groups in total. The molecule has 33 heavy (non-hydrogen) atoms. The number of alkyl halides is 3. The lowest BCUT2D eigenvalue weighted by Crippen LogP contribution is -2.45. The van der Waals surface area contributed by atoms with E-state index in [0.717, 1.165) is 0 Å². The monoisotopic (exact) mass is 462 g/mol. The van der Waals surface area contributed by atoms with Crippen molar-refractivity contribution in [2.45, 2.75) is 18.2 Å². The maximum atomic E-state index is 13.5. The SMILES string of the molecule is O=C(COc1cccc(NC(=O)c2ccco2)c1)NCCC(O)(c1ccccc1)C(F)(F)F. The second kappa shape index (κ2) is 10.2. The first-order valence-electron chi connectivity index (χ1n) is 9.88. The molecule has 174 valence electrons. The number of furan rings is 1. The van der Waals surface area contributed by atoms with E-state index in [0.29, 0.717) is 5.69 Å². The van der Waals surface area contributed by atoms with Crippen LogP contribution in [0.4, 0.5) is 18.9 Å². The average Bonchev–Trinajstić information content (AvgIpc) is 3.33. The number of nitrogens with one attached hydrogen (secondary N) is 2. The van der Waals surface area contributed by atoms with Gasteiger partial charge in [0.25, 0.3) is 11.8 Å². The summed E-state index contributed by atoms with van der Waals surface area (Å²) in [6, 6.07) is 16.0. The van der Waals surface area contributed by atoms with E-state index in [9.17, 15) is 27.9 Å². The molecule has 0 fully saturated rings. The van der Waals surface area contributed by atoms with Crippen LogP contribution in [0.25, 0.3) is 0 Å². The third-order valence-electron chi connectivity index (χ3n) is 4.74. The lowest BCUT2D eigenvalue weighted by atomic mass is 9.89. The molecule has 0 saturated heterocycles. The van der Waals surface area contributed by atoms with E-state index >= 15 is 0 Å². The standard InChI is InChI=1S/C23H21F3N2O5/c24-23(25,26)22(31,16-6-2-1-3-7-16)11-12-27-20(29)15-33-18-9-4-8-17(14-18)28-21(30)19-10-5-13-32-19/h1-10,13-14,31H,11-12,15H2,(H,27,29)(H,28,30). The molecule has 2 amide bonds. The van der Waals surface area contributed by atoms with Gasteiger partial charge in [-0.05, 0) is 29.8 Å². The average molecular weight is 462 g/mol. The van der Waals surface area contributed by atoms with E-state index in [1.54, 1.807) is 24.3 Å². The number of hydrogen-bond donors (Lipinski definition) is 3. The Bertz CT molecular complexity index is 1070. The van der Waals surface area contributed by atoms with Crippen molar-refractivity contribution in [3.8, 4) is 5.75 Å². The molecule has 1 aromatic heterocycles. The van der Waals surface area contributed by atoms with Crippen molar-refractivity contribution in [3.63, 3.8) is 0 Å². The van der Waals surface area contributed by atoms with Gasteiger partial charge in [0.05, 0.1) is 6.26 Å². The van der Waals surface area contributed by atoms with Crippen LogP contribution in [0, 0.1) is 0 Å². The van der Waals surface area contributed by atoms with Crippen LogP contribution in [0.2, 0.25) is 0 Å². The highest BCUT2D eigenvalue weighted by Crippen LogP contribution is 2.41. The largest absolute Gasteiger partial charge is 0.484 e. The zero-order chi connectivity index (χ0) is 23.9. The van der Waals surface area contributed by atoms with Crippen LogP contribution in [-0.4, -0.2) is 36.2 Å². The Hall–Kier alpha value is -3.79. The molecule has 3 rings (SSSR count). The van der Waals surface area contributed by atoms with Crippen LogP contribution in [0.3, 0.4) is 0 Å². The first-order valence-corrected chi connectivity index (χ1v) is 9.88. The van der Waals surface area contributed by atoms with Crippen LogP contribution >= 0.6 is 0 Å². The van der Waals surface area contributed by atoms with Crippen LogP contribution in [-0.2, 0) is 10.4 Å². The molecule has 0 bridgehead atoms. The highest BCUT2D eigenvalue weighted by atomic mass is 19.4. The summed E-state index contributed by atoms with van der Waals surface area (Å²) in [5.41, 5.74) is -3.01. The topological polar surface area (TPSA) is 101 Å². The van der Waals surface area contributed by atoms with Gasteiger partial charge in [-0.2, -0.15) is 13.2 Å². The van der Waals surface area contributed by atoms with Gasteiger partial charge in [0, 0.05) is 24.7 Å². The molecule has 3 aromatic rings. The van der Waals surface area contributed by atoms with Crippen molar-refractivity contribution in [2.75, 3.05) is 18.5 Å². The number of anilines is 1. The molecule has 0 saturated carbocycles. The molecule has 2 aromatic carbocycles. The van der Waals surface area contributed by atoms with Gasteiger partial charge in [0.2, 0.25) is 0 Å². The van der Waals surface area contributed by atoms with Crippen molar-refractivity contribution in [2.24, 2.45) is 0 Å². The smallest absolute Gasteiger partial charge is 0.421 e. The Morgan fingerprint density at radius 1 is 1.00 bits per heavy atom. The number of hydrogen-bond acceptors (Lipinski definition) is 5. The lowest BCUT2D eigenvalue weighted by molar-refractivity contribution is -0.268. The van der Waals surface area contributed by atoms with E-state index in [4.69, 9.17) is 9.15 Å². The predicted molar refractivity (Wildman–Crippen MR) is 113 cm³/mol. The number of benzene rings is 2. The third kappa shape index (κ3) is 6.13. The predicted octanol–water partition coefficient (Wildman–Crippen LogP) is 3.87. The summed E-state index contributed by atoms with van der Waals surface area (Å²) in [4.78, 5) is 24.0. The summed E-state index contributed by atoms with van der Waals surface area (Å²) in [5.74, 6) is -0.753. The first kappa shape index (κ1) is 23.9. The minimum Gasteiger partial charge on any atom is -0.484 e. The van der Waals surface area contributed by atoms with E-state index in [2.05, 4.69) is 10.6 Å². The molecular weight excluding hydrogens is 441 g/mol. The number of aliphatic hydroxyl groups is 1. The van der Waals surface area contributed by atoms with Crippen LogP contribution in [0.1, 0.15) is 22.5 Å². The minimum atomic E-state index is -4.92. The Morgan fingerprint density at radius 3 is 2.42 bits per heavy atom. The van der Waals surface area contributed by atoms with Crippen molar-refractivity contribution in [1.82, 2.24) is 5.32 Å². The first-order chi connectivity index (χ1) is 15.7. The molecule has 1 heterocycles. The van der Waals surface area contributed by atoms with Gasteiger partial charge in [-0.25, -0.2) is 0 Å². The van der Waals surface area contributed by atoms with Crippen LogP contribution < -0.4 is 15.4 Å². The summed E-state index contributed by atoms with van der Waals surface area (Å²) in [5, 5.41) is 15.2. The maximum Gasteiger partial charge on any atom is 0.421 e. The van der Waals surface area contributed by atoms with Gasteiger partial charge in [0.1, 0.15) is 5.75 Å². The number of ether oxygens (including phenoxy) is 1. The van der Waals surface area contributed by atoms with Crippen LogP contribution in [0.5, 0.6) is 5.75 Å². The van der Waals surface area contributed by atoms with E-state index in [1.807, 2.05) is 0 Å². The Balaban J connectivity index is 1.51. The van der Waals surface area contributed by atoms with E-state index < -0.39 is 43.2 Å². The summed E-state index contributed by atoms with van der Waals surface area (Å²) < 4.78 is 50.8. The minimum absolute atomic E-state index is 0.120. The van der Waals surface area contributed by atoms with Crippen molar-refractivity contribution in [3.05, 3.63) is 84.3 Å². The molecule has 0 aliphatic carbocycles. The van der Waals surface area contributed by atoms with Crippen molar-refractivity contribution in [1.29, 1.82) is 0 Å². The fourth-order valence-corrected chi connectivity index (χ4v) is 3.01. The summed E-state index contributed by atoms with van der Waals surface area (Å²) in [7, 11) is 0. The summed E-state index contributed by atoms with van der Waals surface area (Å²) >= 11 is 0. The van der Waals surface area contributed by atoms with E-state index in [1.165, 1.54) is 48.7 Å². The number of amides is 2. The number of rotatable bonds is 9. The molecule has 7 nitrogen and oxygen atoms in total. The number of carbonyl (C=O) groups excluding carboxylic acids is 2. The Morgan fingerprint density at radius 2 is 1.76 bits per heavy atom. The molecule has 0 spiro atoms. The summed E-state index contributed by atoms with van der Waals surface area (Å²) in [6.07, 6.45) is -4.32. The van der Waals surface area contributed by atoms with Crippen molar-refractivity contribution >= 4 is 17.5 Å². The number of carbonyl (C=O) groups is 2. The molecule has 0 aliphatic heterocycles.